The van der Waals surface area contributed by atoms with Crippen LogP contribution in [0.15, 0.2) is 21.7 Å². The highest BCUT2D eigenvalue weighted by Gasteiger charge is 2.73. The summed E-state index contributed by atoms with van der Waals surface area (Å²) in [6.45, 7) is 3.30. The van der Waals surface area contributed by atoms with Gasteiger partial charge >= 0.3 is 18.1 Å². The van der Waals surface area contributed by atoms with Gasteiger partial charge in [-0.25, -0.2) is 5.43 Å². The van der Waals surface area contributed by atoms with Crippen molar-refractivity contribution in [2.45, 2.75) is 38.1 Å². The van der Waals surface area contributed by atoms with Gasteiger partial charge in [0.1, 0.15) is 0 Å². The van der Waals surface area contributed by atoms with Crippen LogP contribution in [0.25, 0.3) is 0 Å². The number of halogens is 8. The first-order chi connectivity index (χ1) is 11.7. The molecule has 0 aliphatic heterocycles. The number of benzene rings is 1. The van der Waals surface area contributed by atoms with Crippen molar-refractivity contribution >= 4 is 22.1 Å². The largest absolute Gasteiger partial charge is 0.493 e. The number of hydrogen-bond donors (Lipinski definition) is 1. The third-order valence-corrected chi connectivity index (χ3v) is 3.24. The average Bonchev–Trinajstić information content (AvgIpc) is 2.47. The van der Waals surface area contributed by atoms with Gasteiger partial charge in [0.25, 0.3) is 0 Å². The highest BCUT2D eigenvalue weighted by atomic mass is 79.9. The molecule has 0 radical (unpaired) electrons. The average molecular weight is 455 g/mol. The molecule has 0 aliphatic rings. The Kier molecular flexibility index (Phi) is 6.77. The van der Waals surface area contributed by atoms with E-state index in [4.69, 9.17) is 9.47 Å². The molecule has 0 spiro atoms. The normalized spacial score (nSPS) is 13.4. The molecular weight excluding hydrogens is 441 g/mol. The van der Waals surface area contributed by atoms with Gasteiger partial charge in [-0.05, 0) is 26.0 Å². The molecule has 0 aliphatic carbocycles. The first-order valence-corrected chi connectivity index (χ1v) is 7.69. The zero-order valence-electron chi connectivity index (χ0n) is 13.6. The van der Waals surface area contributed by atoms with E-state index in [1.807, 2.05) is 0 Å². The van der Waals surface area contributed by atoms with Gasteiger partial charge < -0.3 is 9.47 Å². The molecule has 0 amide bonds. The molecule has 12 heteroatoms. The molecule has 0 atom stereocenters. The highest BCUT2D eigenvalue weighted by molar-refractivity contribution is 9.10. The number of nitrogens with one attached hydrogen (secondary N) is 1. The van der Waals surface area contributed by atoms with E-state index in [0.717, 1.165) is 0 Å². The number of nitrogens with zero attached hydrogens (tertiary/aromatic N) is 1. The lowest BCUT2D eigenvalue weighted by Crippen LogP contribution is -2.58. The standard InChI is InChI=1S/C14H14BrF7N2O2/c1-7(2)26-11-8(4-9(15)5-10(11)25-3)6-23-24-14(21,22)12(16,17)13(18,19)20/h4-7,24H,1-3H3/b23-6-. The summed E-state index contributed by atoms with van der Waals surface area (Å²) in [6.07, 6.45) is -6.21. The van der Waals surface area contributed by atoms with Crippen molar-refractivity contribution < 1.29 is 40.2 Å². The number of ether oxygens (including phenoxy) is 2. The summed E-state index contributed by atoms with van der Waals surface area (Å²) in [5.41, 5.74) is 0.550. The Balaban J connectivity index is 3.17. The molecule has 1 N–H and O–H groups in total. The number of hydrazone groups is 1. The van der Waals surface area contributed by atoms with E-state index >= 15 is 0 Å². The number of methoxy groups -OCH3 is 1. The monoisotopic (exact) mass is 454 g/mol. The Bertz CT molecular complexity index is 663. The molecular formula is C14H14BrF7N2O2. The zero-order chi connectivity index (χ0) is 20.3. The first-order valence-electron chi connectivity index (χ1n) is 6.89. The van der Waals surface area contributed by atoms with Crippen LogP contribution < -0.4 is 14.9 Å². The van der Waals surface area contributed by atoms with Crippen LogP contribution >= 0.6 is 15.9 Å². The summed E-state index contributed by atoms with van der Waals surface area (Å²) in [4.78, 5) is 0. The van der Waals surface area contributed by atoms with E-state index in [1.165, 1.54) is 19.2 Å². The van der Waals surface area contributed by atoms with Crippen LogP contribution in [0.1, 0.15) is 19.4 Å². The molecule has 0 saturated carbocycles. The second kappa shape index (κ2) is 7.89. The third kappa shape index (κ3) is 4.92. The van der Waals surface area contributed by atoms with Crippen molar-refractivity contribution in [2.24, 2.45) is 5.10 Å². The Morgan fingerprint density at radius 2 is 1.69 bits per heavy atom. The smallest absolute Gasteiger partial charge is 0.462 e. The molecule has 0 saturated heterocycles. The molecule has 148 valence electrons. The third-order valence-electron chi connectivity index (χ3n) is 2.78. The lowest BCUT2D eigenvalue weighted by Gasteiger charge is -2.27. The minimum absolute atomic E-state index is 0.00329. The molecule has 0 fully saturated rings. The lowest BCUT2D eigenvalue weighted by molar-refractivity contribution is -0.361. The maximum Gasteiger partial charge on any atom is 0.462 e. The summed E-state index contributed by atoms with van der Waals surface area (Å²) in [6, 6.07) is -2.85. The SMILES string of the molecule is COc1cc(Br)cc(/C=N\NC(F)(F)C(F)(F)C(F)(F)F)c1OC(C)C. The summed E-state index contributed by atoms with van der Waals surface area (Å²) in [5.74, 6) is -6.10. The summed E-state index contributed by atoms with van der Waals surface area (Å²) in [7, 11) is 1.30. The quantitative estimate of drug-likeness (QED) is 0.274. The van der Waals surface area contributed by atoms with E-state index in [2.05, 4.69) is 21.0 Å². The van der Waals surface area contributed by atoms with Gasteiger partial charge in [0, 0.05) is 10.0 Å². The zero-order valence-corrected chi connectivity index (χ0v) is 15.2. The van der Waals surface area contributed by atoms with Crippen LogP contribution in [0.4, 0.5) is 30.7 Å². The Labute approximate surface area is 152 Å². The summed E-state index contributed by atoms with van der Waals surface area (Å²) in [5, 5.41) is 2.82. The maximum absolute atomic E-state index is 13.2. The van der Waals surface area contributed by atoms with Crippen molar-refractivity contribution in [2.75, 3.05) is 7.11 Å². The van der Waals surface area contributed by atoms with E-state index in [1.54, 1.807) is 13.8 Å². The van der Waals surface area contributed by atoms with Crippen molar-refractivity contribution in [1.29, 1.82) is 0 Å². The van der Waals surface area contributed by atoms with E-state index in [0.29, 0.717) is 16.1 Å². The van der Waals surface area contributed by atoms with Crippen LogP contribution in [0, 0.1) is 0 Å². The van der Waals surface area contributed by atoms with Crippen LogP contribution in [0.3, 0.4) is 0 Å². The second-order valence-electron chi connectivity index (χ2n) is 5.21. The van der Waals surface area contributed by atoms with Crippen molar-refractivity contribution in [3.05, 3.63) is 22.2 Å². The Hall–Kier alpha value is -1.72. The number of hydrogen-bond acceptors (Lipinski definition) is 4. The molecule has 0 heterocycles. The Morgan fingerprint density at radius 3 is 2.15 bits per heavy atom. The second-order valence-corrected chi connectivity index (χ2v) is 6.13. The first kappa shape index (κ1) is 22.3. The van der Waals surface area contributed by atoms with Gasteiger partial charge in [-0.15, -0.1) is 0 Å². The van der Waals surface area contributed by atoms with Crippen LogP contribution in [-0.4, -0.2) is 37.6 Å². The Morgan fingerprint density at radius 1 is 1.12 bits per heavy atom. The fourth-order valence-corrected chi connectivity index (χ4v) is 2.08. The van der Waals surface area contributed by atoms with Crippen LogP contribution in [-0.2, 0) is 0 Å². The van der Waals surface area contributed by atoms with Crippen LogP contribution in [0.2, 0.25) is 0 Å². The van der Waals surface area contributed by atoms with Crippen molar-refractivity contribution in [1.82, 2.24) is 5.43 Å². The van der Waals surface area contributed by atoms with Gasteiger partial charge in [-0.2, -0.15) is 35.8 Å². The number of alkyl halides is 7. The summed E-state index contributed by atoms with van der Waals surface area (Å²) < 4.78 is 99.1. The van der Waals surface area contributed by atoms with E-state index < -0.39 is 18.1 Å². The molecule has 0 unspecified atom stereocenters. The van der Waals surface area contributed by atoms with E-state index in [-0.39, 0.29) is 23.2 Å². The fraction of sp³-hybridized carbons (Fsp3) is 0.500. The topological polar surface area (TPSA) is 42.8 Å². The fourth-order valence-electron chi connectivity index (χ4n) is 1.63. The van der Waals surface area contributed by atoms with Crippen molar-refractivity contribution in [3.8, 4) is 11.5 Å². The van der Waals surface area contributed by atoms with Crippen LogP contribution in [0.5, 0.6) is 11.5 Å². The molecule has 1 aromatic rings. The van der Waals surface area contributed by atoms with Gasteiger partial charge in [-0.1, -0.05) is 15.9 Å². The molecule has 1 rings (SSSR count). The molecule has 1 aromatic carbocycles. The summed E-state index contributed by atoms with van der Waals surface area (Å²) >= 11 is 3.11. The molecule has 0 aromatic heterocycles. The minimum atomic E-state index is -6.45. The van der Waals surface area contributed by atoms with Gasteiger partial charge in [0.2, 0.25) is 0 Å². The maximum atomic E-state index is 13.2. The van der Waals surface area contributed by atoms with Gasteiger partial charge in [-0.3, -0.25) is 0 Å². The molecule has 26 heavy (non-hydrogen) atoms. The minimum Gasteiger partial charge on any atom is -0.493 e. The predicted octanol–water partition coefficient (Wildman–Crippen LogP) is 4.96. The number of rotatable bonds is 7. The molecule has 0 bridgehead atoms. The van der Waals surface area contributed by atoms with E-state index in [9.17, 15) is 30.7 Å². The molecule has 4 nitrogen and oxygen atoms in total. The van der Waals surface area contributed by atoms with Gasteiger partial charge in [0.15, 0.2) is 11.5 Å². The predicted molar refractivity (Wildman–Crippen MR) is 83.1 cm³/mol. The van der Waals surface area contributed by atoms with Gasteiger partial charge in [0.05, 0.1) is 19.4 Å². The lowest BCUT2D eigenvalue weighted by atomic mass is 10.2. The highest BCUT2D eigenvalue weighted by Crippen LogP contribution is 2.45. The van der Waals surface area contributed by atoms with Crippen molar-refractivity contribution in [3.63, 3.8) is 0 Å².